The van der Waals surface area contributed by atoms with Crippen LogP contribution >= 0.6 is 0 Å². The number of benzene rings is 4. The van der Waals surface area contributed by atoms with Crippen LogP contribution in [-0.2, 0) is 35.6 Å². The van der Waals surface area contributed by atoms with Crippen LogP contribution in [0.2, 0.25) is 0 Å². The van der Waals surface area contributed by atoms with Crippen LogP contribution in [0, 0.1) is 0 Å². The third-order valence-electron chi connectivity index (χ3n) is 8.75. The molecule has 274 valence electrons. The van der Waals surface area contributed by atoms with E-state index in [1.165, 1.54) is 31.9 Å². The van der Waals surface area contributed by atoms with E-state index in [-0.39, 0.29) is 16.4 Å². The first kappa shape index (κ1) is 38.7. The standard InChI is InChI=1S/C16H15NO3S.C16H13NO2S.C5H10O.C4H8O/c18-10-9-12-5-4-8-14-15(11-17-16(12)14)21(19,20)13-6-2-1-3-7-13;1-2-12-7-6-10-14-15(11-17-16(12)14)20(18,19)13-8-4-3-5-9-13;1-5-3-2-4-6-5;1-2-4-5-3-1/h1-8,11,17-18H,9-10H2;2-11,17H,1H2;5H,2-4H2,1H3;1-4H2. The smallest absolute Gasteiger partial charge is 0.208 e. The Bertz CT molecular complexity index is 2250. The molecule has 8 rings (SSSR count). The summed E-state index contributed by atoms with van der Waals surface area (Å²) in [5.74, 6) is 0. The fourth-order valence-corrected chi connectivity index (χ4v) is 8.88. The van der Waals surface area contributed by atoms with E-state index in [0.717, 1.165) is 42.0 Å². The molecule has 0 radical (unpaired) electrons. The lowest BCUT2D eigenvalue weighted by Crippen LogP contribution is -2.00. The number of nitrogens with one attached hydrogen (secondary N) is 2. The molecule has 2 saturated heterocycles. The number of hydrogen-bond donors (Lipinski definition) is 3. The van der Waals surface area contributed by atoms with Gasteiger partial charge in [0.05, 0.1) is 36.7 Å². The van der Waals surface area contributed by atoms with E-state index in [0.29, 0.717) is 33.1 Å². The van der Waals surface area contributed by atoms with Crippen LogP contribution in [-0.4, -0.2) is 64.4 Å². The van der Waals surface area contributed by atoms with Crippen LogP contribution in [0.1, 0.15) is 43.7 Å². The molecule has 2 fully saturated rings. The lowest BCUT2D eigenvalue weighted by atomic mass is 10.1. The number of fused-ring (bicyclic) bond motifs is 2. The predicted molar refractivity (Wildman–Crippen MR) is 206 cm³/mol. The first-order valence-electron chi connectivity index (χ1n) is 17.4. The highest BCUT2D eigenvalue weighted by Crippen LogP contribution is 2.31. The fourth-order valence-electron chi connectivity index (χ4n) is 5.99. The summed E-state index contributed by atoms with van der Waals surface area (Å²) in [4.78, 5) is 7.19. The first-order valence-corrected chi connectivity index (χ1v) is 20.4. The molecule has 1 atom stereocenters. The van der Waals surface area contributed by atoms with E-state index < -0.39 is 19.7 Å². The van der Waals surface area contributed by atoms with E-state index in [2.05, 4.69) is 23.5 Å². The second kappa shape index (κ2) is 18.3. The summed E-state index contributed by atoms with van der Waals surface area (Å²) in [7, 11) is -7.06. The molecule has 0 spiro atoms. The van der Waals surface area contributed by atoms with Crippen molar-refractivity contribution in [3.05, 3.63) is 127 Å². The molecule has 0 bridgehead atoms. The summed E-state index contributed by atoms with van der Waals surface area (Å²) < 4.78 is 60.8. The molecular weight excluding hydrogens is 697 g/mol. The van der Waals surface area contributed by atoms with Crippen LogP contribution in [0.15, 0.2) is 136 Å². The Kier molecular flexibility index (Phi) is 13.6. The third kappa shape index (κ3) is 9.28. The molecule has 52 heavy (non-hydrogen) atoms. The van der Waals surface area contributed by atoms with Crippen LogP contribution in [0.25, 0.3) is 27.9 Å². The Hall–Kier alpha value is -4.52. The quantitative estimate of drug-likeness (QED) is 0.150. The molecular formula is C41H46N2O7S2. The minimum atomic E-state index is -3.55. The monoisotopic (exact) mass is 742 g/mol. The lowest BCUT2D eigenvalue weighted by Gasteiger charge is -2.04. The Morgan fingerprint density at radius 1 is 0.712 bits per heavy atom. The van der Waals surface area contributed by atoms with Gasteiger partial charge in [0.2, 0.25) is 19.7 Å². The molecule has 11 heteroatoms. The SMILES string of the molecule is C1CCOC1.C=Cc1cccc2c(S(=O)(=O)c3ccccc3)c[nH]c12.CC1CCCO1.O=S(=O)(c1ccccc1)c1c[nH]c2c(CCO)cccc12. The number of hydrogen-bond acceptors (Lipinski definition) is 7. The maximum atomic E-state index is 12.7. The van der Waals surface area contributed by atoms with Crippen molar-refractivity contribution in [2.75, 3.05) is 26.4 Å². The van der Waals surface area contributed by atoms with E-state index in [1.54, 1.807) is 85.1 Å². The molecule has 2 aromatic heterocycles. The topological polar surface area (TPSA) is 139 Å². The van der Waals surface area contributed by atoms with Gasteiger partial charge in [-0.2, -0.15) is 0 Å². The largest absolute Gasteiger partial charge is 0.396 e. The molecule has 9 nitrogen and oxygen atoms in total. The molecule has 1 unspecified atom stereocenters. The molecule has 0 amide bonds. The average molecular weight is 743 g/mol. The van der Waals surface area contributed by atoms with Crippen molar-refractivity contribution in [3.8, 4) is 0 Å². The summed E-state index contributed by atoms with van der Waals surface area (Å²) >= 11 is 0. The van der Waals surface area contributed by atoms with Gasteiger partial charge in [-0.1, -0.05) is 85.5 Å². The summed E-state index contributed by atoms with van der Waals surface area (Å²) in [6.07, 6.45) is 10.9. The van der Waals surface area contributed by atoms with Gasteiger partial charge in [0.25, 0.3) is 0 Å². The molecule has 0 saturated carbocycles. The molecule has 4 aromatic carbocycles. The van der Waals surface area contributed by atoms with Crippen molar-refractivity contribution in [1.29, 1.82) is 0 Å². The average Bonchev–Trinajstić information content (AvgIpc) is 4.02. The first-order chi connectivity index (χ1) is 25.2. The van der Waals surface area contributed by atoms with Gasteiger partial charge < -0.3 is 24.5 Å². The Balaban J connectivity index is 0.000000156. The highest BCUT2D eigenvalue weighted by atomic mass is 32.2. The van der Waals surface area contributed by atoms with E-state index >= 15 is 0 Å². The van der Waals surface area contributed by atoms with Crippen molar-refractivity contribution in [1.82, 2.24) is 9.97 Å². The van der Waals surface area contributed by atoms with E-state index in [1.807, 2.05) is 24.3 Å². The normalized spacial score (nSPS) is 15.5. The summed E-state index contributed by atoms with van der Waals surface area (Å²) in [5.41, 5.74) is 3.35. The maximum Gasteiger partial charge on any atom is 0.208 e. The van der Waals surface area contributed by atoms with Crippen LogP contribution in [0.5, 0.6) is 0 Å². The number of H-pyrrole nitrogens is 2. The van der Waals surface area contributed by atoms with Crippen molar-refractivity contribution in [2.45, 2.75) is 64.7 Å². The van der Waals surface area contributed by atoms with Crippen molar-refractivity contribution in [2.24, 2.45) is 0 Å². The van der Waals surface area contributed by atoms with Gasteiger partial charge in [-0.15, -0.1) is 0 Å². The molecule has 0 aliphatic carbocycles. The number of rotatable bonds is 7. The number of aromatic nitrogens is 2. The van der Waals surface area contributed by atoms with E-state index in [4.69, 9.17) is 14.6 Å². The number of para-hydroxylation sites is 2. The Morgan fingerprint density at radius 2 is 1.25 bits per heavy atom. The molecule has 6 aromatic rings. The van der Waals surface area contributed by atoms with Crippen molar-refractivity contribution < 1.29 is 31.4 Å². The second-order valence-electron chi connectivity index (χ2n) is 12.4. The maximum absolute atomic E-state index is 12.7. The van der Waals surface area contributed by atoms with Crippen molar-refractivity contribution >= 4 is 47.6 Å². The number of ether oxygens (including phenoxy) is 2. The lowest BCUT2D eigenvalue weighted by molar-refractivity contribution is 0.125. The number of aliphatic hydroxyl groups is 1. The summed E-state index contributed by atoms with van der Waals surface area (Å²) in [6.45, 7) is 8.87. The third-order valence-corrected chi connectivity index (χ3v) is 12.4. The molecule has 2 aliphatic heterocycles. The van der Waals surface area contributed by atoms with Gasteiger partial charge in [-0.05, 0) is 74.4 Å². The summed E-state index contributed by atoms with van der Waals surface area (Å²) in [5, 5.41) is 10.4. The van der Waals surface area contributed by atoms with Gasteiger partial charge in [0.15, 0.2) is 0 Å². The van der Waals surface area contributed by atoms with Gasteiger partial charge in [0.1, 0.15) is 0 Å². The zero-order valence-electron chi connectivity index (χ0n) is 29.3. The zero-order chi connectivity index (χ0) is 37.0. The van der Waals surface area contributed by atoms with Crippen LogP contribution < -0.4 is 0 Å². The van der Waals surface area contributed by atoms with Gasteiger partial charge in [-0.3, -0.25) is 0 Å². The van der Waals surface area contributed by atoms with Crippen molar-refractivity contribution in [3.63, 3.8) is 0 Å². The van der Waals surface area contributed by atoms with Gasteiger partial charge in [0, 0.05) is 49.6 Å². The molecule has 2 aliphatic rings. The molecule has 4 heterocycles. The highest BCUT2D eigenvalue weighted by Gasteiger charge is 2.23. The minimum Gasteiger partial charge on any atom is -0.396 e. The second-order valence-corrected chi connectivity index (χ2v) is 16.2. The van der Waals surface area contributed by atoms with Gasteiger partial charge in [-0.25, -0.2) is 16.8 Å². The number of aliphatic hydroxyl groups excluding tert-OH is 1. The van der Waals surface area contributed by atoms with Crippen LogP contribution in [0.4, 0.5) is 0 Å². The zero-order valence-corrected chi connectivity index (χ0v) is 31.0. The summed E-state index contributed by atoms with van der Waals surface area (Å²) in [6, 6.07) is 27.8. The van der Waals surface area contributed by atoms with Gasteiger partial charge >= 0.3 is 0 Å². The minimum absolute atomic E-state index is 0.0267. The molecule has 3 N–H and O–H groups in total. The Morgan fingerprint density at radius 3 is 1.69 bits per heavy atom. The Labute approximate surface area is 306 Å². The predicted octanol–water partition coefficient (Wildman–Crippen LogP) is 8.16. The fraction of sp³-hybridized carbons (Fsp3) is 0.268. The number of sulfone groups is 2. The highest BCUT2D eigenvalue weighted by molar-refractivity contribution is 7.92. The van der Waals surface area contributed by atoms with Crippen LogP contribution in [0.3, 0.4) is 0 Å². The number of aromatic amines is 2. The van der Waals surface area contributed by atoms with E-state index in [9.17, 15) is 16.8 Å².